The van der Waals surface area contributed by atoms with Crippen molar-refractivity contribution in [2.24, 2.45) is 0 Å². The lowest BCUT2D eigenvalue weighted by molar-refractivity contribution is -0.117. The van der Waals surface area contributed by atoms with E-state index in [9.17, 15) is 4.79 Å². The SMILES string of the molecule is CCCCCCCC(=O)CNc1ccc(O)cc1. The summed E-state index contributed by atoms with van der Waals surface area (Å²) < 4.78 is 0. The Balaban J connectivity index is 2.11. The molecule has 0 saturated carbocycles. The highest BCUT2D eigenvalue weighted by Gasteiger charge is 2.01. The Morgan fingerprint density at radius 1 is 1.11 bits per heavy atom. The molecule has 0 aliphatic carbocycles. The number of rotatable bonds is 9. The van der Waals surface area contributed by atoms with Crippen LogP contribution in [0.25, 0.3) is 0 Å². The van der Waals surface area contributed by atoms with Crippen molar-refractivity contribution < 1.29 is 9.90 Å². The fourth-order valence-electron chi connectivity index (χ4n) is 1.79. The number of carbonyl (C=O) groups is 1. The van der Waals surface area contributed by atoms with Crippen LogP contribution < -0.4 is 5.32 Å². The van der Waals surface area contributed by atoms with E-state index in [2.05, 4.69) is 12.2 Å². The molecule has 0 unspecified atom stereocenters. The van der Waals surface area contributed by atoms with Crippen LogP contribution in [-0.2, 0) is 4.79 Å². The summed E-state index contributed by atoms with van der Waals surface area (Å²) in [6.07, 6.45) is 6.54. The molecule has 2 N–H and O–H groups in total. The van der Waals surface area contributed by atoms with Crippen molar-refractivity contribution in [2.45, 2.75) is 45.4 Å². The van der Waals surface area contributed by atoms with E-state index < -0.39 is 0 Å². The van der Waals surface area contributed by atoms with Crippen LogP contribution in [0.1, 0.15) is 45.4 Å². The predicted octanol–water partition coefficient (Wildman–Crippen LogP) is 3.73. The first-order valence-corrected chi connectivity index (χ1v) is 6.77. The standard InChI is InChI=1S/C15H23NO2/c1-2-3-4-5-6-7-15(18)12-16-13-8-10-14(17)11-9-13/h8-11,16-17H,2-7,12H2,1H3. The second-order valence-electron chi connectivity index (χ2n) is 4.60. The molecule has 0 saturated heterocycles. The van der Waals surface area contributed by atoms with Crippen molar-refractivity contribution in [3.8, 4) is 5.75 Å². The maximum Gasteiger partial charge on any atom is 0.151 e. The monoisotopic (exact) mass is 249 g/mol. The van der Waals surface area contributed by atoms with Crippen LogP contribution in [0.15, 0.2) is 24.3 Å². The number of anilines is 1. The predicted molar refractivity (Wildman–Crippen MR) is 75.0 cm³/mol. The molecule has 0 heterocycles. The first-order valence-electron chi connectivity index (χ1n) is 6.77. The minimum atomic E-state index is 0.239. The number of phenolic OH excluding ortho intramolecular Hbond substituents is 1. The molecule has 1 aromatic rings. The maximum atomic E-state index is 11.6. The molecular weight excluding hydrogens is 226 g/mol. The van der Waals surface area contributed by atoms with Crippen LogP contribution >= 0.6 is 0 Å². The van der Waals surface area contributed by atoms with E-state index >= 15 is 0 Å². The largest absolute Gasteiger partial charge is 0.508 e. The zero-order chi connectivity index (χ0) is 13.2. The highest BCUT2D eigenvalue weighted by Crippen LogP contribution is 2.13. The van der Waals surface area contributed by atoms with Crippen LogP contribution in [0.3, 0.4) is 0 Å². The molecule has 0 atom stereocenters. The third-order valence-electron chi connectivity index (χ3n) is 2.92. The van der Waals surface area contributed by atoms with Crippen LogP contribution in [0.5, 0.6) is 5.75 Å². The van der Waals surface area contributed by atoms with E-state index in [1.807, 2.05) is 0 Å². The number of phenols is 1. The fourth-order valence-corrected chi connectivity index (χ4v) is 1.79. The Kier molecular flexibility index (Phi) is 6.92. The summed E-state index contributed by atoms with van der Waals surface area (Å²) in [5.41, 5.74) is 0.868. The van der Waals surface area contributed by atoms with E-state index in [0.29, 0.717) is 13.0 Å². The molecule has 18 heavy (non-hydrogen) atoms. The highest BCUT2D eigenvalue weighted by molar-refractivity contribution is 5.82. The van der Waals surface area contributed by atoms with Gasteiger partial charge in [0.25, 0.3) is 0 Å². The number of Topliss-reactive ketones (excluding diaryl/α,β-unsaturated/α-hetero) is 1. The van der Waals surface area contributed by atoms with Gasteiger partial charge in [-0.3, -0.25) is 4.79 Å². The Morgan fingerprint density at radius 2 is 1.78 bits per heavy atom. The van der Waals surface area contributed by atoms with Gasteiger partial charge in [-0.2, -0.15) is 0 Å². The molecule has 1 rings (SSSR count). The van der Waals surface area contributed by atoms with Gasteiger partial charge in [-0.1, -0.05) is 32.6 Å². The molecule has 1 aromatic carbocycles. The topological polar surface area (TPSA) is 49.3 Å². The highest BCUT2D eigenvalue weighted by atomic mass is 16.3. The van der Waals surface area contributed by atoms with Crippen molar-refractivity contribution >= 4 is 11.5 Å². The van der Waals surface area contributed by atoms with Crippen molar-refractivity contribution in [2.75, 3.05) is 11.9 Å². The third-order valence-corrected chi connectivity index (χ3v) is 2.92. The quantitative estimate of drug-likeness (QED) is 0.518. The molecule has 0 amide bonds. The second-order valence-corrected chi connectivity index (χ2v) is 4.60. The van der Waals surface area contributed by atoms with E-state index in [1.54, 1.807) is 24.3 Å². The zero-order valence-electron chi connectivity index (χ0n) is 11.1. The summed E-state index contributed by atoms with van der Waals surface area (Å²) in [5.74, 6) is 0.488. The summed E-state index contributed by atoms with van der Waals surface area (Å²) in [4.78, 5) is 11.6. The molecule has 0 aliphatic heterocycles. The van der Waals surface area contributed by atoms with E-state index in [1.165, 1.54) is 19.3 Å². The summed E-state index contributed by atoms with van der Waals surface area (Å²) >= 11 is 0. The first kappa shape index (κ1) is 14.6. The normalized spacial score (nSPS) is 10.3. The van der Waals surface area contributed by atoms with Crippen molar-refractivity contribution in [1.29, 1.82) is 0 Å². The molecule has 0 spiro atoms. The number of benzene rings is 1. The molecule has 100 valence electrons. The van der Waals surface area contributed by atoms with Gasteiger partial charge in [0.1, 0.15) is 5.75 Å². The van der Waals surface area contributed by atoms with Crippen LogP contribution in [0.4, 0.5) is 5.69 Å². The van der Waals surface area contributed by atoms with Crippen molar-refractivity contribution in [1.82, 2.24) is 0 Å². The molecule has 0 aliphatic rings. The molecule has 0 radical (unpaired) electrons. The van der Waals surface area contributed by atoms with Gasteiger partial charge in [0, 0.05) is 12.1 Å². The minimum absolute atomic E-state index is 0.239. The average molecular weight is 249 g/mol. The number of carbonyl (C=O) groups excluding carboxylic acids is 1. The maximum absolute atomic E-state index is 11.6. The van der Waals surface area contributed by atoms with Gasteiger partial charge < -0.3 is 10.4 Å². The van der Waals surface area contributed by atoms with Crippen LogP contribution in [-0.4, -0.2) is 17.4 Å². The molecule has 3 heteroatoms. The Hall–Kier alpha value is -1.51. The lowest BCUT2D eigenvalue weighted by Gasteiger charge is -2.05. The number of aromatic hydroxyl groups is 1. The van der Waals surface area contributed by atoms with Gasteiger partial charge >= 0.3 is 0 Å². The zero-order valence-corrected chi connectivity index (χ0v) is 11.1. The summed E-state index contributed by atoms with van der Waals surface area (Å²) in [7, 11) is 0. The number of nitrogens with one attached hydrogen (secondary N) is 1. The van der Waals surface area contributed by atoms with E-state index in [0.717, 1.165) is 18.5 Å². The number of ketones is 1. The molecule has 3 nitrogen and oxygen atoms in total. The summed E-state index contributed by atoms with van der Waals surface area (Å²) in [6, 6.07) is 6.75. The van der Waals surface area contributed by atoms with Gasteiger partial charge in [0.15, 0.2) is 5.78 Å². The van der Waals surface area contributed by atoms with Crippen molar-refractivity contribution in [3.05, 3.63) is 24.3 Å². The van der Waals surface area contributed by atoms with E-state index in [-0.39, 0.29) is 11.5 Å². The smallest absolute Gasteiger partial charge is 0.151 e. The number of hydrogen-bond donors (Lipinski definition) is 2. The lowest BCUT2D eigenvalue weighted by Crippen LogP contribution is -2.13. The molecular formula is C15H23NO2. The second kappa shape index (κ2) is 8.56. The van der Waals surface area contributed by atoms with Crippen LogP contribution in [0.2, 0.25) is 0 Å². The molecule has 0 bridgehead atoms. The Morgan fingerprint density at radius 3 is 2.44 bits per heavy atom. The Labute approximate surface area is 109 Å². The van der Waals surface area contributed by atoms with E-state index in [4.69, 9.17) is 5.11 Å². The summed E-state index contributed by atoms with van der Waals surface area (Å²) in [6.45, 7) is 2.56. The van der Waals surface area contributed by atoms with Crippen LogP contribution in [0, 0.1) is 0 Å². The van der Waals surface area contributed by atoms with Gasteiger partial charge in [-0.05, 0) is 30.7 Å². The number of unbranched alkanes of at least 4 members (excludes halogenated alkanes) is 4. The summed E-state index contributed by atoms with van der Waals surface area (Å²) in [5, 5.41) is 12.2. The van der Waals surface area contributed by atoms with Gasteiger partial charge in [-0.25, -0.2) is 0 Å². The van der Waals surface area contributed by atoms with Gasteiger partial charge in [0.2, 0.25) is 0 Å². The van der Waals surface area contributed by atoms with Gasteiger partial charge in [-0.15, -0.1) is 0 Å². The fraction of sp³-hybridized carbons (Fsp3) is 0.533. The molecule has 0 aromatic heterocycles. The lowest BCUT2D eigenvalue weighted by atomic mass is 10.1. The minimum Gasteiger partial charge on any atom is -0.508 e. The van der Waals surface area contributed by atoms with Gasteiger partial charge in [0.05, 0.1) is 6.54 Å². The average Bonchev–Trinajstić information content (AvgIpc) is 2.38. The first-order chi connectivity index (χ1) is 8.72. The molecule has 0 fully saturated rings. The third kappa shape index (κ3) is 6.28. The number of hydrogen-bond acceptors (Lipinski definition) is 3. The Bertz CT molecular complexity index is 346. The van der Waals surface area contributed by atoms with Crippen molar-refractivity contribution in [3.63, 3.8) is 0 Å².